The summed E-state index contributed by atoms with van der Waals surface area (Å²) in [6.45, 7) is 0. The Balaban J connectivity index is 2.11. The molecule has 2 rings (SSSR count). The highest BCUT2D eigenvalue weighted by atomic mass is 127. The van der Waals surface area contributed by atoms with Crippen LogP contribution < -0.4 is 5.32 Å². The molecule has 4 nitrogen and oxygen atoms in total. The minimum atomic E-state index is -0.272. The molecule has 2 aromatic heterocycles. The Kier molecular flexibility index (Phi) is 3.00. The van der Waals surface area contributed by atoms with Gasteiger partial charge in [0.25, 0.3) is 5.91 Å². The monoisotopic (exact) mass is 314 g/mol. The van der Waals surface area contributed by atoms with Crippen molar-refractivity contribution in [2.75, 3.05) is 5.32 Å². The van der Waals surface area contributed by atoms with E-state index in [0.29, 0.717) is 15.2 Å². The number of aromatic nitrogens is 1. The molecular weight excluding hydrogens is 307 g/mol. The largest absolute Gasteiger partial charge is 0.445 e. The predicted octanol–water partition coefficient (Wildman–Crippen LogP) is 2.53. The standard InChI is InChI=1S/C10H7IN2O2/c11-9-4-3-8(15-9)10(14)13-7-2-1-5-12-6-7/h1-6H,(H,13,14). The summed E-state index contributed by atoms with van der Waals surface area (Å²) in [6, 6.07) is 6.88. The zero-order chi connectivity index (χ0) is 10.7. The van der Waals surface area contributed by atoms with Crippen molar-refractivity contribution in [3.05, 3.63) is 46.2 Å². The number of hydrogen-bond acceptors (Lipinski definition) is 3. The van der Waals surface area contributed by atoms with E-state index in [0.717, 1.165) is 0 Å². The van der Waals surface area contributed by atoms with Crippen LogP contribution >= 0.6 is 22.6 Å². The Morgan fingerprint density at radius 3 is 2.87 bits per heavy atom. The number of nitrogens with one attached hydrogen (secondary N) is 1. The summed E-state index contributed by atoms with van der Waals surface area (Å²) < 4.78 is 5.86. The fourth-order valence-corrected chi connectivity index (χ4v) is 1.48. The Morgan fingerprint density at radius 2 is 2.27 bits per heavy atom. The van der Waals surface area contributed by atoms with Crippen LogP contribution in [0.3, 0.4) is 0 Å². The van der Waals surface area contributed by atoms with Gasteiger partial charge in [0.05, 0.1) is 11.9 Å². The van der Waals surface area contributed by atoms with Gasteiger partial charge in [-0.3, -0.25) is 9.78 Å². The highest BCUT2D eigenvalue weighted by Crippen LogP contribution is 2.12. The summed E-state index contributed by atoms with van der Waals surface area (Å²) in [5.74, 6) is 0.0224. The lowest BCUT2D eigenvalue weighted by Gasteiger charge is -2.00. The number of hydrogen-bond donors (Lipinski definition) is 1. The van der Waals surface area contributed by atoms with Gasteiger partial charge >= 0.3 is 0 Å². The SMILES string of the molecule is O=C(Nc1cccnc1)c1ccc(I)o1. The maximum absolute atomic E-state index is 11.6. The minimum absolute atomic E-state index is 0.272. The Bertz CT molecular complexity index is 467. The minimum Gasteiger partial charge on any atom is -0.445 e. The Hall–Kier alpha value is -1.37. The van der Waals surface area contributed by atoms with Crippen LogP contribution in [0.4, 0.5) is 5.69 Å². The van der Waals surface area contributed by atoms with Gasteiger partial charge in [-0.25, -0.2) is 0 Å². The second-order valence-corrected chi connectivity index (χ2v) is 3.86. The molecule has 0 bridgehead atoms. The van der Waals surface area contributed by atoms with E-state index in [4.69, 9.17) is 4.42 Å². The molecule has 15 heavy (non-hydrogen) atoms. The van der Waals surface area contributed by atoms with Crippen LogP contribution in [0.15, 0.2) is 41.1 Å². The van der Waals surface area contributed by atoms with Gasteiger partial charge < -0.3 is 9.73 Å². The lowest BCUT2D eigenvalue weighted by atomic mass is 10.4. The first-order valence-corrected chi connectivity index (χ1v) is 5.30. The molecule has 0 saturated heterocycles. The quantitative estimate of drug-likeness (QED) is 0.867. The van der Waals surface area contributed by atoms with Crippen molar-refractivity contribution in [3.63, 3.8) is 0 Å². The van der Waals surface area contributed by atoms with Gasteiger partial charge in [-0.15, -0.1) is 0 Å². The zero-order valence-corrected chi connectivity index (χ0v) is 9.76. The van der Waals surface area contributed by atoms with Crippen LogP contribution in [-0.4, -0.2) is 10.9 Å². The van der Waals surface area contributed by atoms with Crippen LogP contribution in [-0.2, 0) is 0 Å². The van der Waals surface area contributed by atoms with Gasteiger partial charge in [0.15, 0.2) is 9.53 Å². The third-order valence-corrected chi connectivity index (χ3v) is 2.30. The summed E-state index contributed by atoms with van der Waals surface area (Å²) >= 11 is 2.01. The molecule has 76 valence electrons. The van der Waals surface area contributed by atoms with Crippen LogP contribution in [0.25, 0.3) is 0 Å². The zero-order valence-electron chi connectivity index (χ0n) is 7.61. The molecule has 0 atom stereocenters. The van der Waals surface area contributed by atoms with Crippen molar-refractivity contribution in [2.45, 2.75) is 0 Å². The third-order valence-electron chi connectivity index (χ3n) is 1.72. The second-order valence-electron chi connectivity index (χ2n) is 2.80. The third kappa shape index (κ3) is 2.56. The van der Waals surface area contributed by atoms with E-state index in [9.17, 15) is 4.79 Å². The molecule has 0 radical (unpaired) electrons. The summed E-state index contributed by atoms with van der Waals surface area (Å²) in [5, 5.41) is 2.67. The molecule has 2 heterocycles. The number of rotatable bonds is 2. The molecule has 2 aromatic rings. The van der Waals surface area contributed by atoms with Crippen molar-refractivity contribution < 1.29 is 9.21 Å². The maximum atomic E-state index is 11.6. The number of furan rings is 1. The second kappa shape index (κ2) is 4.43. The van der Waals surface area contributed by atoms with Gasteiger partial charge in [-0.1, -0.05) is 0 Å². The summed E-state index contributed by atoms with van der Waals surface area (Å²) in [7, 11) is 0. The highest BCUT2D eigenvalue weighted by molar-refractivity contribution is 14.1. The lowest BCUT2D eigenvalue weighted by Crippen LogP contribution is -2.10. The van der Waals surface area contributed by atoms with Crippen molar-refractivity contribution in [1.29, 1.82) is 0 Å². The van der Waals surface area contributed by atoms with Gasteiger partial charge in [0.2, 0.25) is 0 Å². The van der Waals surface area contributed by atoms with Crippen LogP contribution in [0.1, 0.15) is 10.6 Å². The lowest BCUT2D eigenvalue weighted by molar-refractivity contribution is 0.0995. The van der Waals surface area contributed by atoms with Gasteiger partial charge in [-0.2, -0.15) is 0 Å². The maximum Gasteiger partial charge on any atom is 0.291 e. The number of nitrogens with zero attached hydrogens (tertiary/aromatic N) is 1. The number of halogens is 1. The van der Waals surface area contributed by atoms with E-state index in [-0.39, 0.29) is 5.91 Å². The molecule has 5 heteroatoms. The first-order chi connectivity index (χ1) is 7.25. The molecule has 0 aliphatic heterocycles. The number of carbonyl (C=O) groups is 1. The number of pyridine rings is 1. The van der Waals surface area contributed by atoms with E-state index >= 15 is 0 Å². The van der Waals surface area contributed by atoms with E-state index in [2.05, 4.69) is 10.3 Å². The van der Waals surface area contributed by atoms with E-state index < -0.39 is 0 Å². The fraction of sp³-hybridized carbons (Fsp3) is 0. The van der Waals surface area contributed by atoms with Crippen molar-refractivity contribution >= 4 is 34.2 Å². The molecule has 1 amide bonds. The Morgan fingerprint density at radius 1 is 1.40 bits per heavy atom. The first kappa shape index (κ1) is 10.2. The van der Waals surface area contributed by atoms with Crippen molar-refractivity contribution in [2.24, 2.45) is 0 Å². The van der Waals surface area contributed by atoms with E-state index in [1.807, 2.05) is 22.6 Å². The summed E-state index contributed by atoms with van der Waals surface area (Å²) in [6.07, 6.45) is 3.22. The summed E-state index contributed by atoms with van der Waals surface area (Å²) in [5.41, 5.74) is 0.647. The highest BCUT2D eigenvalue weighted by Gasteiger charge is 2.09. The first-order valence-electron chi connectivity index (χ1n) is 4.22. The molecule has 0 unspecified atom stereocenters. The van der Waals surface area contributed by atoms with E-state index in [1.165, 1.54) is 0 Å². The fourth-order valence-electron chi connectivity index (χ4n) is 1.07. The van der Waals surface area contributed by atoms with Gasteiger partial charge in [0.1, 0.15) is 0 Å². The predicted molar refractivity (Wildman–Crippen MR) is 63.6 cm³/mol. The molecular formula is C10H7IN2O2. The molecule has 0 aliphatic rings. The van der Waals surface area contributed by atoms with Crippen molar-refractivity contribution in [1.82, 2.24) is 4.98 Å². The van der Waals surface area contributed by atoms with Crippen LogP contribution in [0.5, 0.6) is 0 Å². The summed E-state index contributed by atoms with van der Waals surface area (Å²) in [4.78, 5) is 15.5. The van der Waals surface area contributed by atoms with Gasteiger partial charge in [0, 0.05) is 6.20 Å². The van der Waals surface area contributed by atoms with Gasteiger partial charge in [-0.05, 0) is 46.9 Å². The molecule has 0 aliphatic carbocycles. The molecule has 1 N–H and O–H groups in total. The van der Waals surface area contributed by atoms with Crippen LogP contribution in [0, 0.1) is 3.77 Å². The Labute approximate surface area is 99.8 Å². The molecule has 0 saturated carbocycles. The number of carbonyl (C=O) groups excluding carboxylic acids is 1. The molecule has 0 spiro atoms. The molecule has 0 fully saturated rings. The average Bonchev–Trinajstić information content (AvgIpc) is 2.66. The molecule has 0 aromatic carbocycles. The van der Waals surface area contributed by atoms with E-state index in [1.54, 1.807) is 36.7 Å². The average molecular weight is 314 g/mol. The topological polar surface area (TPSA) is 55.1 Å². The normalized spacial score (nSPS) is 9.93. The number of anilines is 1. The smallest absolute Gasteiger partial charge is 0.291 e. The van der Waals surface area contributed by atoms with Crippen molar-refractivity contribution in [3.8, 4) is 0 Å². The van der Waals surface area contributed by atoms with Crippen LogP contribution in [0.2, 0.25) is 0 Å². The number of amides is 1.